The van der Waals surface area contributed by atoms with Gasteiger partial charge in [0, 0.05) is 23.1 Å². The molecule has 41 heavy (non-hydrogen) atoms. The molecule has 1 saturated carbocycles. The third-order valence-electron chi connectivity index (χ3n) is 7.38. The first kappa shape index (κ1) is 30.6. The van der Waals surface area contributed by atoms with Crippen molar-refractivity contribution in [3.63, 3.8) is 0 Å². The molecule has 0 radical (unpaired) electrons. The van der Waals surface area contributed by atoms with E-state index in [0.717, 1.165) is 24.8 Å². The number of aliphatic carboxylic acids is 1. The Morgan fingerprint density at radius 2 is 1.68 bits per heavy atom. The molecule has 1 amide bonds. The fourth-order valence-electron chi connectivity index (χ4n) is 4.93. The van der Waals surface area contributed by atoms with E-state index in [4.69, 9.17) is 37.7 Å². The maximum absolute atomic E-state index is 13.4. The molecule has 3 aromatic rings. The molecule has 1 unspecified atom stereocenters. The quantitative estimate of drug-likeness (QED) is 0.192. The number of carboxylic acid groups (broad SMARTS) is 1. The third kappa shape index (κ3) is 7.31. The lowest BCUT2D eigenvalue weighted by molar-refractivity contribution is -0.145. The number of halogens is 2. The lowest BCUT2D eigenvalue weighted by Crippen LogP contribution is -2.55. The number of carboxylic acids is 1. The molecule has 1 aliphatic rings. The molecule has 1 atom stereocenters. The van der Waals surface area contributed by atoms with E-state index in [9.17, 15) is 14.7 Å². The van der Waals surface area contributed by atoms with Crippen LogP contribution in [0.5, 0.6) is 11.5 Å². The van der Waals surface area contributed by atoms with Crippen molar-refractivity contribution in [3.05, 3.63) is 65.3 Å². The van der Waals surface area contributed by atoms with Crippen LogP contribution in [0.15, 0.2) is 54.6 Å². The molecular formula is C31H35Cl2N3O5. The average molecular weight is 601 g/mol. The van der Waals surface area contributed by atoms with Gasteiger partial charge in [-0.3, -0.25) is 9.69 Å². The fourth-order valence-corrected chi connectivity index (χ4v) is 5.30. The monoisotopic (exact) mass is 599 g/mol. The van der Waals surface area contributed by atoms with Crippen molar-refractivity contribution in [3.8, 4) is 33.9 Å². The van der Waals surface area contributed by atoms with E-state index in [2.05, 4.69) is 5.32 Å². The summed E-state index contributed by atoms with van der Waals surface area (Å²) in [5.41, 5.74) is 1.40. The molecule has 0 bridgehead atoms. The molecule has 8 nitrogen and oxygen atoms in total. The van der Waals surface area contributed by atoms with Gasteiger partial charge in [0.1, 0.15) is 22.7 Å². The highest BCUT2D eigenvalue weighted by molar-refractivity contribution is 6.33. The molecule has 0 aliphatic heterocycles. The van der Waals surface area contributed by atoms with Gasteiger partial charge in [0.15, 0.2) is 0 Å². The summed E-state index contributed by atoms with van der Waals surface area (Å²) in [6.07, 6.45) is 3.88. The van der Waals surface area contributed by atoms with Crippen molar-refractivity contribution in [1.82, 2.24) is 15.2 Å². The summed E-state index contributed by atoms with van der Waals surface area (Å²) < 4.78 is 11.2. The van der Waals surface area contributed by atoms with Gasteiger partial charge in [0.2, 0.25) is 0 Å². The standard InChI is InChI=1S/C31H35Cl2N3O5/c1-36(2)27(33)15-18-41-21-9-7-20(8-10-21)28-24(23-12-11-22(40-3)19-25(23)32)13-14-26(34-28)29(37)35-31(30(38)39)16-5-4-6-17-31/h7-14,19,27H,4-6,15-18H2,1-3H3,(H,35,37)(H,38,39). The number of hydrogen-bond donors (Lipinski definition) is 2. The lowest BCUT2D eigenvalue weighted by atomic mass is 9.81. The number of carbonyl (C=O) groups excluding carboxylic acids is 1. The summed E-state index contributed by atoms with van der Waals surface area (Å²) in [6.45, 7) is 0.456. The molecule has 1 fully saturated rings. The highest BCUT2D eigenvalue weighted by atomic mass is 35.5. The number of carbonyl (C=O) groups is 2. The summed E-state index contributed by atoms with van der Waals surface area (Å²) in [4.78, 5) is 32.2. The average Bonchev–Trinajstić information content (AvgIpc) is 2.97. The molecule has 4 rings (SSSR count). The minimum Gasteiger partial charge on any atom is -0.497 e. The van der Waals surface area contributed by atoms with E-state index in [0.29, 0.717) is 59.2 Å². The van der Waals surface area contributed by atoms with Gasteiger partial charge < -0.3 is 19.9 Å². The van der Waals surface area contributed by atoms with Crippen LogP contribution in [-0.2, 0) is 4.79 Å². The Morgan fingerprint density at radius 3 is 2.29 bits per heavy atom. The summed E-state index contributed by atoms with van der Waals surface area (Å²) in [7, 11) is 5.40. The van der Waals surface area contributed by atoms with Gasteiger partial charge in [-0.05, 0) is 81.5 Å². The molecule has 0 spiro atoms. The largest absolute Gasteiger partial charge is 0.497 e. The second-order valence-corrected chi connectivity index (χ2v) is 11.3. The summed E-state index contributed by atoms with van der Waals surface area (Å²) >= 11 is 12.9. The van der Waals surface area contributed by atoms with Gasteiger partial charge in [-0.2, -0.15) is 0 Å². The number of methoxy groups -OCH3 is 1. The summed E-state index contributed by atoms with van der Waals surface area (Å²) in [6, 6.07) is 16.1. The van der Waals surface area contributed by atoms with Crippen molar-refractivity contribution in [2.75, 3.05) is 27.8 Å². The molecular weight excluding hydrogens is 565 g/mol. The number of nitrogens with one attached hydrogen (secondary N) is 1. The van der Waals surface area contributed by atoms with Crippen LogP contribution in [0, 0.1) is 0 Å². The van der Waals surface area contributed by atoms with Crippen LogP contribution >= 0.6 is 23.2 Å². The van der Waals surface area contributed by atoms with Crippen LogP contribution in [0.1, 0.15) is 49.0 Å². The highest BCUT2D eigenvalue weighted by Crippen LogP contribution is 2.37. The smallest absolute Gasteiger partial charge is 0.329 e. The maximum atomic E-state index is 13.4. The van der Waals surface area contributed by atoms with Crippen LogP contribution in [0.4, 0.5) is 0 Å². The van der Waals surface area contributed by atoms with E-state index >= 15 is 0 Å². The molecule has 1 aromatic heterocycles. The predicted octanol–water partition coefficient (Wildman–Crippen LogP) is 6.49. The first-order valence-electron chi connectivity index (χ1n) is 13.6. The van der Waals surface area contributed by atoms with E-state index in [1.807, 2.05) is 49.3 Å². The van der Waals surface area contributed by atoms with Crippen LogP contribution < -0.4 is 14.8 Å². The third-order valence-corrected chi connectivity index (χ3v) is 8.30. The Bertz CT molecular complexity index is 1370. The van der Waals surface area contributed by atoms with Gasteiger partial charge in [-0.15, -0.1) is 11.6 Å². The van der Waals surface area contributed by atoms with Crippen molar-refractivity contribution < 1.29 is 24.2 Å². The van der Waals surface area contributed by atoms with Gasteiger partial charge in [0.25, 0.3) is 5.91 Å². The number of benzene rings is 2. The van der Waals surface area contributed by atoms with Gasteiger partial charge in [-0.25, -0.2) is 9.78 Å². The summed E-state index contributed by atoms with van der Waals surface area (Å²) in [5, 5.41) is 13.2. The fraction of sp³-hybridized carbons (Fsp3) is 0.387. The number of alkyl halides is 1. The zero-order valence-electron chi connectivity index (χ0n) is 23.5. The molecule has 1 heterocycles. The van der Waals surface area contributed by atoms with Crippen molar-refractivity contribution in [2.24, 2.45) is 0 Å². The normalized spacial score (nSPS) is 15.3. The number of hydrogen-bond acceptors (Lipinski definition) is 6. The van der Waals surface area contributed by atoms with Crippen molar-refractivity contribution >= 4 is 35.1 Å². The first-order chi connectivity index (χ1) is 19.6. The van der Waals surface area contributed by atoms with Crippen LogP contribution in [0.25, 0.3) is 22.4 Å². The Morgan fingerprint density at radius 1 is 1.02 bits per heavy atom. The number of ether oxygens (including phenoxy) is 2. The maximum Gasteiger partial charge on any atom is 0.329 e. The molecule has 0 saturated heterocycles. The molecule has 1 aliphatic carbocycles. The van der Waals surface area contributed by atoms with E-state index in [1.165, 1.54) is 0 Å². The Kier molecular flexibility index (Phi) is 10.1. The number of aromatic nitrogens is 1. The number of amides is 1. The van der Waals surface area contributed by atoms with Crippen LogP contribution in [0.2, 0.25) is 5.02 Å². The SMILES string of the molecule is COc1ccc(-c2ccc(C(=O)NC3(C(=O)O)CCCCC3)nc2-c2ccc(OCCC(Cl)N(C)C)cc2)c(Cl)c1. The van der Waals surface area contributed by atoms with Gasteiger partial charge >= 0.3 is 5.97 Å². The molecule has 218 valence electrons. The second-order valence-electron chi connectivity index (χ2n) is 10.4. The zero-order chi connectivity index (χ0) is 29.6. The van der Waals surface area contributed by atoms with E-state index in [-0.39, 0.29) is 11.2 Å². The molecule has 2 N–H and O–H groups in total. The van der Waals surface area contributed by atoms with Crippen molar-refractivity contribution in [1.29, 1.82) is 0 Å². The molecule has 10 heteroatoms. The highest BCUT2D eigenvalue weighted by Gasteiger charge is 2.41. The zero-order valence-corrected chi connectivity index (χ0v) is 25.0. The number of pyridine rings is 1. The summed E-state index contributed by atoms with van der Waals surface area (Å²) in [5.74, 6) is -0.255. The first-order valence-corrected chi connectivity index (χ1v) is 14.4. The van der Waals surface area contributed by atoms with Crippen molar-refractivity contribution in [2.45, 2.75) is 49.6 Å². The second kappa shape index (κ2) is 13.6. The Hall–Kier alpha value is -3.33. The van der Waals surface area contributed by atoms with Gasteiger partial charge in [-0.1, -0.05) is 30.9 Å². The lowest BCUT2D eigenvalue weighted by Gasteiger charge is -2.33. The number of nitrogens with zero attached hydrogens (tertiary/aromatic N) is 2. The molecule has 2 aromatic carbocycles. The number of rotatable bonds is 11. The van der Waals surface area contributed by atoms with Crippen LogP contribution in [0.3, 0.4) is 0 Å². The minimum absolute atomic E-state index is 0.122. The van der Waals surface area contributed by atoms with Gasteiger partial charge in [0.05, 0.1) is 29.9 Å². The topological polar surface area (TPSA) is 101 Å². The van der Waals surface area contributed by atoms with E-state index < -0.39 is 17.4 Å². The van der Waals surface area contributed by atoms with E-state index in [1.54, 1.807) is 31.4 Å². The predicted molar refractivity (Wildman–Crippen MR) is 161 cm³/mol. The minimum atomic E-state index is -1.29. The Labute approximate surface area is 250 Å². The van der Waals surface area contributed by atoms with Crippen LogP contribution in [-0.4, -0.2) is 65.7 Å². The Balaban J connectivity index is 1.67.